The smallest absolute Gasteiger partial charge is 0.321 e. The molecular formula is C17H21NO2. The first kappa shape index (κ1) is 14.5. The van der Waals surface area contributed by atoms with Crippen LogP contribution < -0.4 is 5.73 Å². The molecule has 0 radical (unpaired) electrons. The number of carboxylic acids is 1. The summed E-state index contributed by atoms with van der Waals surface area (Å²) in [4.78, 5) is 11.4. The van der Waals surface area contributed by atoms with E-state index >= 15 is 0 Å². The van der Waals surface area contributed by atoms with Gasteiger partial charge in [-0.3, -0.25) is 4.79 Å². The van der Waals surface area contributed by atoms with Crippen LogP contribution in [0.1, 0.15) is 32.3 Å². The van der Waals surface area contributed by atoms with Crippen molar-refractivity contribution >= 4 is 16.7 Å². The normalized spacial score (nSPS) is 15.0. The molecule has 2 aromatic carbocycles. The minimum absolute atomic E-state index is 0.234. The van der Waals surface area contributed by atoms with Gasteiger partial charge in [-0.15, -0.1) is 0 Å². The molecular weight excluding hydrogens is 250 g/mol. The van der Waals surface area contributed by atoms with E-state index in [1.807, 2.05) is 63.2 Å². The van der Waals surface area contributed by atoms with Gasteiger partial charge in [-0.05, 0) is 21.8 Å². The monoisotopic (exact) mass is 271 g/mol. The summed E-state index contributed by atoms with van der Waals surface area (Å²) in [6.45, 7) is 6.09. The summed E-state index contributed by atoms with van der Waals surface area (Å²) < 4.78 is 0. The molecule has 3 nitrogen and oxygen atoms in total. The van der Waals surface area contributed by atoms with Crippen molar-refractivity contribution in [1.29, 1.82) is 0 Å². The number of aliphatic carboxylic acids is 1. The van der Waals surface area contributed by atoms with Crippen LogP contribution >= 0.6 is 0 Å². The first-order chi connectivity index (χ1) is 9.32. The van der Waals surface area contributed by atoms with Gasteiger partial charge >= 0.3 is 5.97 Å². The zero-order valence-electron chi connectivity index (χ0n) is 12.1. The van der Waals surface area contributed by atoms with E-state index in [1.165, 1.54) is 0 Å². The summed E-state index contributed by atoms with van der Waals surface area (Å²) in [6, 6.07) is 13.1. The average Bonchev–Trinajstić information content (AvgIpc) is 2.37. The van der Waals surface area contributed by atoms with Gasteiger partial charge in [-0.25, -0.2) is 0 Å². The van der Waals surface area contributed by atoms with Gasteiger partial charge < -0.3 is 10.8 Å². The Morgan fingerprint density at radius 3 is 2.30 bits per heavy atom. The fourth-order valence-corrected chi connectivity index (χ4v) is 2.86. The summed E-state index contributed by atoms with van der Waals surface area (Å²) >= 11 is 0. The third-order valence-corrected chi connectivity index (χ3v) is 3.74. The van der Waals surface area contributed by atoms with Gasteiger partial charge in [0.15, 0.2) is 0 Å². The molecule has 3 heteroatoms. The van der Waals surface area contributed by atoms with Gasteiger partial charge in [-0.2, -0.15) is 0 Å². The van der Waals surface area contributed by atoms with E-state index in [4.69, 9.17) is 5.73 Å². The van der Waals surface area contributed by atoms with Crippen LogP contribution in [0.5, 0.6) is 0 Å². The summed E-state index contributed by atoms with van der Waals surface area (Å²) in [5, 5.41) is 11.5. The SMILES string of the molecule is CC(C)(C)C(c1cccc2ccccc12)[C@H](N)C(=O)O. The number of fused-ring (bicyclic) bond motifs is 1. The van der Waals surface area contributed by atoms with Crippen molar-refractivity contribution in [2.75, 3.05) is 0 Å². The molecule has 0 heterocycles. The maximum atomic E-state index is 11.4. The van der Waals surface area contributed by atoms with Crippen LogP contribution in [-0.2, 0) is 4.79 Å². The fourth-order valence-electron chi connectivity index (χ4n) is 2.86. The Bertz CT molecular complexity index is 623. The number of hydrogen-bond acceptors (Lipinski definition) is 2. The van der Waals surface area contributed by atoms with Crippen molar-refractivity contribution in [3.63, 3.8) is 0 Å². The molecule has 106 valence electrons. The van der Waals surface area contributed by atoms with Crippen molar-refractivity contribution < 1.29 is 9.90 Å². The fraction of sp³-hybridized carbons (Fsp3) is 0.353. The molecule has 0 amide bonds. The zero-order chi connectivity index (χ0) is 14.9. The van der Waals surface area contributed by atoms with Crippen molar-refractivity contribution in [3.05, 3.63) is 48.0 Å². The summed E-state index contributed by atoms with van der Waals surface area (Å²) in [5.41, 5.74) is 6.74. The van der Waals surface area contributed by atoms with Crippen LogP contribution in [0.3, 0.4) is 0 Å². The molecule has 0 aliphatic carbocycles. The van der Waals surface area contributed by atoms with Crippen LogP contribution in [-0.4, -0.2) is 17.1 Å². The second kappa shape index (κ2) is 5.25. The Morgan fingerprint density at radius 1 is 1.10 bits per heavy atom. The average molecular weight is 271 g/mol. The number of carboxylic acid groups (broad SMARTS) is 1. The maximum absolute atomic E-state index is 11.4. The largest absolute Gasteiger partial charge is 0.480 e. The lowest BCUT2D eigenvalue weighted by atomic mass is 9.71. The lowest BCUT2D eigenvalue weighted by Crippen LogP contribution is -2.42. The molecule has 0 bridgehead atoms. The Morgan fingerprint density at radius 2 is 1.70 bits per heavy atom. The highest BCUT2D eigenvalue weighted by atomic mass is 16.4. The van der Waals surface area contributed by atoms with E-state index in [-0.39, 0.29) is 11.3 Å². The quantitative estimate of drug-likeness (QED) is 0.899. The lowest BCUT2D eigenvalue weighted by molar-refractivity contribution is -0.139. The van der Waals surface area contributed by atoms with E-state index < -0.39 is 12.0 Å². The second-order valence-corrected chi connectivity index (χ2v) is 6.28. The van der Waals surface area contributed by atoms with Gasteiger partial charge in [0.1, 0.15) is 6.04 Å². The molecule has 0 saturated carbocycles. The minimum atomic E-state index is -0.960. The first-order valence-corrected chi connectivity index (χ1v) is 6.78. The van der Waals surface area contributed by atoms with Gasteiger partial charge in [0.05, 0.1) is 0 Å². The summed E-state index contributed by atoms with van der Waals surface area (Å²) in [6.07, 6.45) is 0. The summed E-state index contributed by atoms with van der Waals surface area (Å²) in [7, 11) is 0. The molecule has 0 saturated heterocycles. The van der Waals surface area contributed by atoms with Crippen molar-refractivity contribution in [3.8, 4) is 0 Å². The van der Waals surface area contributed by atoms with E-state index in [9.17, 15) is 9.90 Å². The maximum Gasteiger partial charge on any atom is 0.321 e. The Kier molecular flexibility index (Phi) is 3.82. The summed E-state index contributed by atoms with van der Waals surface area (Å²) in [5.74, 6) is -1.20. The molecule has 0 aromatic heterocycles. The van der Waals surface area contributed by atoms with Gasteiger partial charge in [0.25, 0.3) is 0 Å². The number of rotatable bonds is 3. The topological polar surface area (TPSA) is 63.3 Å². The molecule has 0 spiro atoms. The van der Waals surface area contributed by atoms with Crippen molar-refractivity contribution in [2.24, 2.45) is 11.1 Å². The molecule has 2 aromatic rings. The molecule has 2 rings (SSSR count). The third kappa shape index (κ3) is 2.68. The van der Waals surface area contributed by atoms with Crippen LogP contribution in [0.25, 0.3) is 10.8 Å². The Balaban J connectivity index is 2.66. The zero-order valence-corrected chi connectivity index (χ0v) is 12.1. The number of carbonyl (C=O) groups is 1. The van der Waals surface area contributed by atoms with E-state index in [0.29, 0.717) is 0 Å². The van der Waals surface area contributed by atoms with Crippen molar-refractivity contribution in [1.82, 2.24) is 0 Å². The van der Waals surface area contributed by atoms with Gasteiger partial charge in [-0.1, -0.05) is 63.2 Å². The highest BCUT2D eigenvalue weighted by Crippen LogP contribution is 2.40. The lowest BCUT2D eigenvalue weighted by Gasteiger charge is -2.34. The van der Waals surface area contributed by atoms with Gasteiger partial charge in [0, 0.05) is 5.92 Å². The Hall–Kier alpha value is -1.87. The van der Waals surface area contributed by atoms with E-state index in [1.54, 1.807) is 0 Å². The number of hydrogen-bond donors (Lipinski definition) is 2. The standard InChI is InChI=1S/C17H21NO2/c1-17(2,3)14(15(18)16(19)20)13-10-6-8-11-7-4-5-9-12(11)13/h4-10,14-15H,18H2,1-3H3,(H,19,20)/t14?,15-/m0/s1. The van der Waals surface area contributed by atoms with Crippen LogP contribution in [0, 0.1) is 5.41 Å². The molecule has 1 unspecified atom stereocenters. The first-order valence-electron chi connectivity index (χ1n) is 6.78. The number of nitrogens with two attached hydrogens (primary N) is 1. The minimum Gasteiger partial charge on any atom is -0.480 e. The number of benzene rings is 2. The van der Waals surface area contributed by atoms with Crippen LogP contribution in [0.4, 0.5) is 0 Å². The molecule has 20 heavy (non-hydrogen) atoms. The molecule has 3 N–H and O–H groups in total. The molecule has 0 aliphatic heterocycles. The van der Waals surface area contributed by atoms with Gasteiger partial charge in [0.2, 0.25) is 0 Å². The third-order valence-electron chi connectivity index (χ3n) is 3.74. The van der Waals surface area contributed by atoms with E-state index in [0.717, 1.165) is 16.3 Å². The van der Waals surface area contributed by atoms with E-state index in [2.05, 4.69) is 0 Å². The van der Waals surface area contributed by atoms with Crippen LogP contribution in [0.15, 0.2) is 42.5 Å². The molecule has 0 aliphatic rings. The Labute approximate surface area is 119 Å². The highest BCUT2D eigenvalue weighted by Gasteiger charge is 2.36. The molecule has 0 fully saturated rings. The highest BCUT2D eigenvalue weighted by molar-refractivity contribution is 5.87. The van der Waals surface area contributed by atoms with Crippen molar-refractivity contribution in [2.45, 2.75) is 32.7 Å². The van der Waals surface area contributed by atoms with Crippen LogP contribution in [0.2, 0.25) is 0 Å². The molecule has 2 atom stereocenters. The second-order valence-electron chi connectivity index (χ2n) is 6.28. The predicted octanol–water partition coefficient (Wildman–Crippen LogP) is 3.38. The predicted molar refractivity (Wildman–Crippen MR) is 81.8 cm³/mol.